The molecule has 2 heterocycles. The number of likely N-dealkylation sites (N-methyl/N-ethyl adjacent to an activating group) is 1. The molecule has 2 aromatic rings. The minimum absolute atomic E-state index is 0.0454. The Balaban J connectivity index is 1.77. The first kappa shape index (κ1) is 18.5. The number of thiophene rings is 1. The minimum Gasteiger partial charge on any atom is -0.304 e. The zero-order valence-electron chi connectivity index (χ0n) is 14.7. The minimum atomic E-state index is -3.45. The summed E-state index contributed by atoms with van der Waals surface area (Å²) in [5.41, 5.74) is 2.36. The average molecular weight is 380 g/mol. The molecule has 1 atom stereocenters. The Kier molecular flexibility index (Phi) is 5.91. The lowest BCUT2D eigenvalue weighted by atomic mass is 10.0. The number of nitrogens with zero attached hydrogens (tertiary/aromatic N) is 2. The van der Waals surface area contributed by atoms with Crippen molar-refractivity contribution in [3.63, 3.8) is 0 Å². The monoisotopic (exact) mass is 379 g/mol. The SMILES string of the molecule is Cc1ccc(C(CNS(=O)(=O)c2cccs2)N2CCN(C)CC2)cc1. The summed E-state index contributed by atoms with van der Waals surface area (Å²) in [6, 6.07) is 11.8. The lowest BCUT2D eigenvalue weighted by molar-refractivity contribution is 0.113. The fraction of sp³-hybridized carbons (Fsp3) is 0.444. The van der Waals surface area contributed by atoms with Crippen LogP contribution in [0.1, 0.15) is 17.2 Å². The molecule has 1 saturated heterocycles. The molecule has 1 aliphatic rings. The summed E-state index contributed by atoms with van der Waals surface area (Å²) in [5.74, 6) is 0. The molecule has 1 aromatic heterocycles. The maximum Gasteiger partial charge on any atom is 0.250 e. The van der Waals surface area contributed by atoms with Gasteiger partial charge in [-0.3, -0.25) is 4.90 Å². The Morgan fingerprint density at radius 3 is 2.40 bits per heavy atom. The standard InChI is InChI=1S/C18H25N3O2S2/c1-15-5-7-16(8-6-15)17(21-11-9-20(2)10-12-21)14-19-25(22,23)18-4-3-13-24-18/h3-8,13,17,19H,9-12,14H2,1-2H3. The average Bonchev–Trinajstić information content (AvgIpc) is 3.13. The predicted molar refractivity (Wildman–Crippen MR) is 102 cm³/mol. The van der Waals surface area contributed by atoms with Gasteiger partial charge in [-0.2, -0.15) is 0 Å². The van der Waals surface area contributed by atoms with Crippen molar-refractivity contribution < 1.29 is 8.42 Å². The normalized spacial score (nSPS) is 18.3. The highest BCUT2D eigenvalue weighted by molar-refractivity contribution is 7.91. The number of aryl methyl sites for hydroxylation is 1. The lowest BCUT2D eigenvalue weighted by Crippen LogP contribution is -2.48. The van der Waals surface area contributed by atoms with Gasteiger partial charge in [0.15, 0.2) is 0 Å². The molecule has 0 bridgehead atoms. The molecule has 1 aromatic carbocycles. The van der Waals surface area contributed by atoms with Gasteiger partial charge in [-0.15, -0.1) is 11.3 Å². The molecule has 0 amide bonds. The zero-order valence-corrected chi connectivity index (χ0v) is 16.3. The summed E-state index contributed by atoms with van der Waals surface area (Å²) in [4.78, 5) is 4.68. The first-order valence-electron chi connectivity index (χ1n) is 8.48. The van der Waals surface area contributed by atoms with Crippen molar-refractivity contribution in [3.8, 4) is 0 Å². The van der Waals surface area contributed by atoms with Crippen LogP contribution in [-0.2, 0) is 10.0 Å². The lowest BCUT2D eigenvalue weighted by Gasteiger charge is -2.38. The third-order valence-electron chi connectivity index (χ3n) is 4.67. The molecular weight excluding hydrogens is 354 g/mol. The zero-order chi connectivity index (χ0) is 17.9. The van der Waals surface area contributed by atoms with Crippen molar-refractivity contribution in [3.05, 3.63) is 52.9 Å². The molecular formula is C18H25N3O2S2. The molecule has 136 valence electrons. The van der Waals surface area contributed by atoms with Crippen LogP contribution in [0.4, 0.5) is 0 Å². The van der Waals surface area contributed by atoms with E-state index in [1.165, 1.54) is 16.9 Å². The highest BCUT2D eigenvalue weighted by atomic mass is 32.2. The topological polar surface area (TPSA) is 52.7 Å². The molecule has 1 unspecified atom stereocenters. The fourth-order valence-electron chi connectivity index (χ4n) is 3.06. The van der Waals surface area contributed by atoms with E-state index in [1.807, 2.05) is 0 Å². The Morgan fingerprint density at radius 2 is 1.80 bits per heavy atom. The number of nitrogens with one attached hydrogen (secondary N) is 1. The molecule has 1 aliphatic heterocycles. The van der Waals surface area contributed by atoms with Crippen LogP contribution < -0.4 is 4.72 Å². The number of sulfonamides is 1. The van der Waals surface area contributed by atoms with Crippen LogP contribution in [0.3, 0.4) is 0 Å². The van der Waals surface area contributed by atoms with Gasteiger partial charge in [0.05, 0.1) is 0 Å². The number of piperazine rings is 1. The third-order valence-corrected chi connectivity index (χ3v) is 7.49. The molecule has 0 spiro atoms. The highest BCUT2D eigenvalue weighted by Gasteiger charge is 2.26. The Hall–Kier alpha value is -1.25. The summed E-state index contributed by atoms with van der Waals surface area (Å²) in [6.45, 7) is 6.33. The van der Waals surface area contributed by atoms with Crippen molar-refractivity contribution in [1.29, 1.82) is 0 Å². The van der Waals surface area contributed by atoms with Crippen LogP contribution in [0.15, 0.2) is 46.0 Å². The van der Waals surface area contributed by atoms with Crippen molar-refractivity contribution in [1.82, 2.24) is 14.5 Å². The van der Waals surface area contributed by atoms with Crippen LogP contribution >= 0.6 is 11.3 Å². The molecule has 0 aliphatic carbocycles. The van der Waals surface area contributed by atoms with E-state index in [9.17, 15) is 8.42 Å². The Labute approximate surface area is 154 Å². The summed E-state index contributed by atoms with van der Waals surface area (Å²) < 4.78 is 28.2. The smallest absolute Gasteiger partial charge is 0.250 e. The number of rotatable bonds is 6. The molecule has 7 heteroatoms. The van der Waals surface area contributed by atoms with Gasteiger partial charge in [-0.05, 0) is 31.0 Å². The van der Waals surface area contributed by atoms with Gasteiger partial charge in [-0.25, -0.2) is 13.1 Å². The second-order valence-electron chi connectivity index (χ2n) is 6.55. The van der Waals surface area contributed by atoms with Gasteiger partial charge < -0.3 is 4.90 Å². The van der Waals surface area contributed by atoms with Gasteiger partial charge in [0.1, 0.15) is 4.21 Å². The first-order valence-corrected chi connectivity index (χ1v) is 10.8. The van der Waals surface area contributed by atoms with E-state index in [2.05, 4.69) is 52.8 Å². The third kappa shape index (κ3) is 4.68. The molecule has 0 saturated carbocycles. The molecule has 25 heavy (non-hydrogen) atoms. The largest absolute Gasteiger partial charge is 0.304 e. The summed E-state index contributed by atoms with van der Waals surface area (Å²) in [7, 11) is -1.32. The summed E-state index contributed by atoms with van der Waals surface area (Å²) in [6.07, 6.45) is 0. The van der Waals surface area contributed by atoms with Gasteiger partial charge in [0, 0.05) is 38.8 Å². The van der Waals surface area contributed by atoms with Crippen LogP contribution in [0.25, 0.3) is 0 Å². The summed E-state index contributed by atoms with van der Waals surface area (Å²) >= 11 is 1.24. The summed E-state index contributed by atoms with van der Waals surface area (Å²) in [5, 5.41) is 1.78. The van der Waals surface area contributed by atoms with Gasteiger partial charge in [0.25, 0.3) is 0 Å². The van der Waals surface area contributed by atoms with E-state index < -0.39 is 10.0 Å². The predicted octanol–water partition coefficient (Wildman–Crippen LogP) is 2.32. The van der Waals surface area contributed by atoms with Crippen molar-refractivity contribution >= 4 is 21.4 Å². The number of hydrogen-bond donors (Lipinski definition) is 1. The van der Waals surface area contributed by atoms with Crippen LogP contribution in [-0.4, -0.2) is 58.0 Å². The van der Waals surface area contributed by atoms with Crippen LogP contribution in [0.2, 0.25) is 0 Å². The molecule has 5 nitrogen and oxygen atoms in total. The molecule has 1 N–H and O–H groups in total. The van der Waals surface area contributed by atoms with E-state index in [0.717, 1.165) is 31.7 Å². The molecule has 1 fully saturated rings. The van der Waals surface area contributed by atoms with Crippen molar-refractivity contribution in [2.45, 2.75) is 17.2 Å². The second kappa shape index (κ2) is 7.97. The maximum atomic E-state index is 12.5. The molecule has 0 radical (unpaired) electrons. The Bertz CT molecular complexity index is 765. The van der Waals surface area contributed by atoms with Crippen molar-refractivity contribution in [2.24, 2.45) is 0 Å². The first-order chi connectivity index (χ1) is 12.0. The quantitative estimate of drug-likeness (QED) is 0.837. The van der Waals surface area contributed by atoms with Crippen molar-refractivity contribution in [2.75, 3.05) is 39.8 Å². The molecule has 3 rings (SSSR count). The van der Waals surface area contributed by atoms with E-state index in [1.54, 1.807) is 17.5 Å². The van der Waals surface area contributed by atoms with E-state index in [4.69, 9.17) is 0 Å². The van der Waals surface area contributed by atoms with E-state index in [-0.39, 0.29) is 6.04 Å². The maximum absolute atomic E-state index is 12.5. The number of benzene rings is 1. The van der Waals surface area contributed by atoms with E-state index in [0.29, 0.717) is 10.8 Å². The van der Waals surface area contributed by atoms with E-state index >= 15 is 0 Å². The van der Waals surface area contributed by atoms with Gasteiger partial charge in [-0.1, -0.05) is 35.9 Å². The van der Waals surface area contributed by atoms with Gasteiger partial charge >= 0.3 is 0 Å². The highest BCUT2D eigenvalue weighted by Crippen LogP contribution is 2.23. The Morgan fingerprint density at radius 1 is 1.12 bits per heavy atom. The van der Waals surface area contributed by atoms with Crippen LogP contribution in [0.5, 0.6) is 0 Å². The second-order valence-corrected chi connectivity index (χ2v) is 9.49. The van der Waals surface area contributed by atoms with Gasteiger partial charge in [0.2, 0.25) is 10.0 Å². The van der Waals surface area contributed by atoms with Crippen LogP contribution in [0, 0.1) is 6.92 Å². The number of hydrogen-bond acceptors (Lipinski definition) is 5. The fourth-order valence-corrected chi connectivity index (χ4v) is 5.13.